The molecule has 4 rings (SSSR count). The summed E-state index contributed by atoms with van der Waals surface area (Å²) in [6.07, 6.45) is 4.16. The maximum absolute atomic E-state index is 12.7. The van der Waals surface area contributed by atoms with Gasteiger partial charge in [0.2, 0.25) is 0 Å². The van der Waals surface area contributed by atoms with E-state index < -0.39 is 17.1 Å². The molecule has 0 fully saturated rings. The second-order valence-corrected chi connectivity index (χ2v) is 8.03. The number of fused-ring (bicyclic) bond motifs is 3. The topological polar surface area (TPSA) is 85.3 Å². The molecular formula is C23H24N2O3. The number of carbonyl (C=O) groups excluding carboxylic acids is 1. The standard InChI is InChI=1S/C23H24N2O3/c1-23(2,24)16-9-11-17(12-10-16)25-21(26)19-13-15-8-7-14-5-3-4-6-18(14)20(15)28-22(19)27/h7-13H,3-6,24H2,1-2H3,(H,25,26). The first-order valence-electron chi connectivity index (χ1n) is 9.62. The van der Waals surface area contributed by atoms with Crippen molar-refractivity contribution in [3.63, 3.8) is 0 Å². The minimum atomic E-state index is -0.608. The average Bonchev–Trinajstić information content (AvgIpc) is 2.67. The molecular weight excluding hydrogens is 352 g/mol. The summed E-state index contributed by atoms with van der Waals surface area (Å²) in [6, 6.07) is 12.9. The first-order chi connectivity index (χ1) is 13.3. The minimum absolute atomic E-state index is 0.00601. The highest BCUT2D eigenvalue weighted by atomic mass is 16.4. The number of rotatable bonds is 3. The Morgan fingerprint density at radius 3 is 2.50 bits per heavy atom. The highest BCUT2D eigenvalue weighted by Gasteiger charge is 2.19. The largest absolute Gasteiger partial charge is 0.422 e. The molecule has 3 N–H and O–H groups in total. The van der Waals surface area contributed by atoms with E-state index in [0.29, 0.717) is 11.3 Å². The highest BCUT2D eigenvalue weighted by molar-refractivity contribution is 6.05. The second kappa shape index (κ2) is 6.91. The number of anilines is 1. The Morgan fingerprint density at radius 2 is 1.79 bits per heavy atom. The van der Waals surface area contributed by atoms with Crippen LogP contribution in [0.3, 0.4) is 0 Å². The molecule has 0 saturated heterocycles. The van der Waals surface area contributed by atoms with E-state index in [4.69, 9.17) is 10.2 Å². The van der Waals surface area contributed by atoms with Crippen LogP contribution in [0.25, 0.3) is 11.0 Å². The third kappa shape index (κ3) is 3.45. The fourth-order valence-corrected chi connectivity index (χ4v) is 3.75. The monoisotopic (exact) mass is 376 g/mol. The van der Waals surface area contributed by atoms with Gasteiger partial charge in [0.05, 0.1) is 0 Å². The molecule has 1 aromatic heterocycles. The lowest BCUT2D eigenvalue weighted by Gasteiger charge is -2.19. The van der Waals surface area contributed by atoms with Gasteiger partial charge in [-0.05, 0) is 74.4 Å². The van der Waals surface area contributed by atoms with E-state index in [9.17, 15) is 9.59 Å². The number of aryl methyl sites for hydroxylation is 2. The molecule has 0 spiro atoms. The Labute approximate surface area is 163 Å². The van der Waals surface area contributed by atoms with E-state index in [1.807, 2.05) is 32.0 Å². The molecule has 1 heterocycles. The number of hydrogen-bond donors (Lipinski definition) is 2. The van der Waals surface area contributed by atoms with Gasteiger partial charge in [-0.2, -0.15) is 0 Å². The molecule has 2 aromatic carbocycles. The smallest absolute Gasteiger partial charge is 0.349 e. The fourth-order valence-electron chi connectivity index (χ4n) is 3.75. The van der Waals surface area contributed by atoms with E-state index in [1.165, 1.54) is 5.56 Å². The summed E-state index contributed by atoms with van der Waals surface area (Å²) in [5, 5.41) is 3.55. The van der Waals surface area contributed by atoms with Crippen LogP contribution in [0, 0.1) is 0 Å². The second-order valence-electron chi connectivity index (χ2n) is 8.03. The van der Waals surface area contributed by atoms with Crippen LogP contribution in [0.2, 0.25) is 0 Å². The third-order valence-corrected chi connectivity index (χ3v) is 5.36. The van der Waals surface area contributed by atoms with Crippen LogP contribution in [-0.2, 0) is 18.4 Å². The molecule has 28 heavy (non-hydrogen) atoms. The summed E-state index contributed by atoms with van der Waals surface area (Å²) in [5.74, 6) is -0.479. The number of amides is 1. The summed E-state index contributed by atoms with van der Waals surface area (Å²) < 4.78 is 5.58. The SMILES string of the molecule is CC(C)(N)c1ccc(NC(=O)c2cc3ccc4c(c3oc2=O)CCCC4)cc1. The van der Waals surface area contributed by atoms with Crippen LogP contribution >= 0.6 is 0 Å². The number of nitrogens with one attached hydrogen (secondary N) is 1. The lowest BCUT2D eigenvalue weighted by atomic mass is 9.90. The maximum atomic E-state index is 12.7. The van der Waals surface area contributed by atoms with Crippen LogP contribution in [-0.4, -0.2) is 5.91 Å². The Hall–Kier alpha value is -2.92. The number of hydrogen-bond acceptors (Lipinski definition) is 4. The molecule has 0 saturated carbocycles. The number of carbonyl (C=O) groups is 1. The predicted octanol–water partition coefficient (Wildman–Crippen LogP) is 4.12. The van der Waals surface area contributed by atoms with Crippen molar-refractivity contribution in [3.8, 4) is 0 Å². The van der Waals surface area contributed by atoms with Crippen molar-refractivity contribution in [2.75, 3.05) is 5.32 Å². The molecule has 1 amide bonds. The van der Waals surface area contributed by atoms with Crippen molar-refractivity contribution < 1.29 is 9.21 Å². The van der Waals surface area contributed by atoms with E-state index in [2.05, 4.69) is 11.4 Å². The molecule has 5 nitrogen and oxygen atoms in total. The zero-order chi connectivity index (χ0) is 19.9. The van der Waals surface area contributed by atoms with Crippen molar-refractivity contribution in [2.24, 2.45) is 5.73 Å². The van der Waals surface area contributed by atoms with Crippen molar-refractivity contribution in [1.29, 1.82) is 0 Å². The average molecular weight is 376 g/mol. The molecule has 0 radical (unpaired) electrons. The minimum Gasteiger partial charge on any atom is -0.422 e. The van der Waals surface area contributed by atoms with Gasteiger partial charge in [-0.1, -0.05) is 24.3 Å². The van der Waals surface area contributed by atoms with Crippen LogP contribution < -0.4 is 16.7 Å². The maximum Gasteiger partial charge on any atom is 0.349 e. The molecule has 144 valence electrons. The first kappa shape index (κ1) is 18.4. The van der Waals surface area contributed by atoms with Crippen molar-refractivity contribution >= 4 is 22.6 Å². The Balaban J connectivity index is 1.64. The molecule has 1 aliphatic rings. The zero-order valence-corrected chi connectivity index (χ0v) is 16.2. The summed E-state index contributed by atoms with van der Waals surface area (Å²) >= 11 is 0. The van der Waals surface area contributed by atoms with E-state index in [-0.39, 0.29) is 5.56 Å². The van der Waals surface area contributed by atoms with Crippen LogP contribution in [0.1, 0.15) is 53.7 Å². The summed E-state index contributed by atoms with van der Waals surface area (Å²) in [5.41, 5.74) is 9.54. The Morgan fingerprint density at radius 1 is 1.07 bits per heavy atom. The van der Waals surface area contributed by atoms with Gasteiger partial charge in [0.15, 0.2) is 0 Å². The Bertz CT molecular complexity index is 1110. The molecule has 0 bridgehead atoms. The third-order valence-electron chi connectivity index (χ3n) is 5.36. The lowest BCUT2D eigenvalue weighted by molar-refractivity contribution is 0.102. The zero-order valence-electron chi connectivity index (χ0n) is 16.2. The summed E-state index contributed by atoms with van der Waals surface area (Å²) in [4.78, 5) is 25.1. The molecule has 1 aliphatic carbocycles. The molecule has 0 unspecified atom stereocenters. The fraction of sp³-hybridized carbons (Fsp3) is 0.304. The summed E-state index contributed by atoms with van der Waals surface area (Å²) in [7, 11) is 0. The highest BCUT2D eigenvalue weighted by Crippen LogP contribution is 2.29. The van der Waals surface area contributed by atoms with Gasteiger partial charge in [0, 0.05) is 16.6 Å². The van der Waals surface area contributed by atoms with Crippen molar-refractivity contribution in [2.45, 2.75) is 45.1 Å². The molecule has 5 heteroatoms. The molecule has 0 atom stereocenters. The predicted molar refractivity (Wildman–Crippen MR) is 111 cm³/mol. The summed E-state index contributed by atoms with van der Waals surface area (Å²) in [6.45, 7) is 3.83. The van der Waals surface area contributed by atoms with Crippen LogP contribution in [0.15, 0.2) is 51.7 Å². The quantitative estimate of drug-likeness (QED) is 0.674. The van der Waals surface area contributed by atoms with E-state index in [1.54, 1.807) is 18.2 Å². The molecule has 0 aliphatic heterocycles. The molecule has 3 aromatic rings. The van der Waals surface area contributed by atoms with Crippen molar-refractivity contribution in [3.05, 3.63) is 75.1 Å². The van der Waals surface area contributed by atoms with Gasteiger partial charge in [0.1, 0.15) is 11.1 Å². The van der Waals surface area contributed by atoms with Gasteiger partial charge in [-0.3, -0.25) is 4.79 Å². The van der Waals surface area contributed by atoms with E-state index >= 15 is 0 Å². The van der Waals surface area contributed by atoms with E-state index in [0.717, 1.165) is 42.2 Å². The number of benzene rings is 2. The van der Waals surface area contributed by atoms with Gasteiger partial charge < -0.3 is 15.5 Å². The lowest BCUT2D eigenvalue weighted by Crippen LogP contribution is -2.28. The Kier molecular flexibility index (Phi) is 4.55. The number of nitrogens with two attached hydrogens (primary N) is 1. The van der Waals surface area contributed by atoms with Gasteiger partial charge >= 0.3 is 5.63 Å². The van der Waals surface area contributed by atoms with Gasteiger partial charge in [-0.15, -0.1) is 0 Å². The van der Waals surface area contributed by atoms with Gasteiger partial charge in [-0.25, -0.2) is 4.79 Å². The first-order valence-corrected chi connectivity index (χ1v) is 9.62. The normalized spacial score (nSPS) is 14.0. The van der Waals surface area contributed by atoms with Gasteiger partial charge in [0.25, 0.3) is 5.91 Å². The van der Waals surface area contributed by atoms with Crippen molar-refractivity contribution in [1.82, 2.24) is 0 Å². The van der Waals surface area contributed by atoms with Crippen LogP contribution in [0.4, 0.5) is 5.69 Å². The van der Waals surface area contributed by atoms with Crippen LogP contribution in [0.5, 0.6) is 0 Å².